The fourth-order valence-electron chi connectivity index (χ4n) is 1.18. The van der Waals surface area contributed by atoms with Crippen molar-refractivity contribution in [1.29, 1.82) is 0 Å². The van der Waals surface area contributed by atoms with Crippen molar-refractivity contribution in [1.82, 2.24) is 9.97 Å². The second kappa shape index (κ2) is 7.49. The second-order valence-electron chi connectivity index (χ2n) is 4.33. The lowest BCUT2D eigenvalue weighted by molar-refractivity contribution is 0.749. The number of nitrogens with one attached hydrogen (secondary N) is 1. The summed E-state index contributed by atoms with van der Waals surface area (Å²) in [6.45, 7) is 7.46. The average Bonchev–Trinajstić information content (AvgIpc) is 2.25. The van der Waals surface area contributed by atoms with Crippen LogP contribution in [0.2, 0.25) is 0 Å². The highest BCUT2D eigenvalue weighted by Crippen LogP contribution is 2.08. The topological polar surface area (TPSA) is 37.8 Å². The summed E-state index contributed by atoms with van der Waals surface area (Å²) in [6, 6.07) is 0. The molecule has 0 bridgehead atoms. The Morgan fingerprint density at radius 3 is 2.62 bits per heavy atom. The van der Waals surface area contributed by atoms with Gasteiger partial charge in [0.15, 0.2) is 0 Å². The largest absolute Gasteiger partial charge is 0.354 e. The Labute approximate surface area is 102 Å². The monoisotopic (exact) mass is 239 g/mol. The smallest absolute Gasteiger partial charge is 0.222 e. The lowest BCUT2D eigenvalue weighted by Gasteiger charge is -2.06. The number of hydrogen-bond donors (Lipinski definition) is 1. The molecule has 0 aliphatic carbocycles. The molecule has 0 amide bonds. The summed E-state index contributed by atoms with van der Waals surface area (Å²) in [7, 11) is 0. The lowest BCUT2D eigenvalue weighted by Crippen LogP contribution is -2.06. The predicted octanol–water partition coefficient (Wildman–Crippen LogP) is 2.98. The zero-order chi connectivity index (χ0) is 11.8. The molecular weight excluding hydrogens is 218 g/mol. The van der Waals surface area contributed by atoms with E-state index in [4.69, 9.17) is 0 Å². The highest BCUT2D eigenvalue weighted by atomic mass is 32.2. The van der Waals surface area contributed by atoms with Gasteiger partial charge in [-0.25, -0.2) is 9.97 Å². The third-order valence-electron chi connectivity index (χ3n) is 1.98. The van der Waals surface area contributed by atoms with Gasteiger partial charge in [-0.3, -0.25) is 0 Å². The number of aryl methyl sites for hydroxylation is 1. The van der Waals surface area contributed by atoms with Crippen molar-refractivity contribution in [3.63, 3.8) is 0 Å². The van der Waals surface area contributed by atoms with Crippen molar-refractivity contribution in [2.24, 2.45) is 5.92 Å². The Bertz CT molecular complexity index is 285. The summed E-state index contributed by atoms with van der Waals surface area (Å²) in [5.74, 6) is 3.98. The van der Waals surface area contributed by atoms with E-state index in [0.29, 0.717) is 0 Å². The van der Waals surface area contributed by atoms with E-state index in [1.807, 2.05) is 31.1 Å². The van der Waals surface area contributed by atoms with Gasteiger partial charge in [-0.15, -0.1) is 0 Å². The SMILES string of the molecule is Cc1cnc(NCCCSCC(C)C)nc1. The van der Waals surface area contributed by atoms with E-state index in [2.05, 4.69) is 29.1 Å². The zero-order valence-corrected chi connectivity index (χ0v) is 11.2. The average molecular weight is 239 g/mol. The molecule has 0 fully saturated rings. The third kappa shape index (κ3) is 5.95. The first kappa shape index (κ1) is 13.3. The number of anilines is 1. The van der Waals surface area contributed by atoms with Crippen LogP contribution in [0.25, 0.3) is 0 Å². The number of aromatic nitrogens is 2. The molecule has 0 radical (unpaired) electrons. The van der Waals surface area contributed by atoms with Crippen LogP contribution in [0, 0.1) is 12.8 Å². The molecule has 1 rings (SSSR count). The van der Waals surface area contributed by atoms with Gasteiger partial charge in [0.1, 0.15) is 0 Å². The van der Waals surface area contributed by atoms with Gasteiger partial charge in [0, 0.05) is 18.9 Å². The first-order valence-corrected chi connectivity index (χ1v) is 6.94. The Kier molecular flexibility index (Phi) is 6.23. The summed E-state index contributed by atoms with van der Waals surface area (Å²) in [5, 5.41) is 3.22. The van der Waals surface area contributed by atoms with Crippen molar-refractivity contribution in [2.75, 3.05) is 23.4 Å². The van der Waals surface area contributed by atoms with Crippen LogP contribution in [-0.2, 0) is 0 Å². The van der Waals surface area contributed by atoms with Crippen molar-refractivity contribution in [3.05, 3.63) is 18.0 Å². The van der Waals surface area contributed by atoms with Gasteiger partial charge in [0.25, 0.3) is 0 Å². The second-order valence-corrected chi connectivity index (χ2v) is 5.48. The molecule has 0 aromatic carbocycles. The van der Waals surface area contributed by atoms with Gasteiger partial charge in [0.2, 0.25) is 5.95 Å². The highest BCUT2D eigenvalue weighted by molar-refractivity contribution is 7.99. The van der Waals surface area contributed by atoms with Gasteiger partial charge >= 0.3 is 0 Å². The number of thioether (sulfide) groups is 1. The van der Waals surface area contributed by atoms with Crippen LogP contribution in [0.5, 0.6) is 0 Å². The number of rotatable bonds is 7. The third-order valence-corrected chi connectivity index (χ3v) is 3.46. The minimum absolute atomic E-state index is 0.736. The Morgan fingerprint density at radius 1 is 1.31 bits per heavy atom. The minimum Gasteiger partial charge on any atom is -0.354 e. The van der Waals surface area contributed by atoms with Gasteiger partial charge in [-0.1, -0.05) is 13.8 Å². The van der Waals surface area contributed by atoms with Gasteiger partial charge in [0.05, 0.1) is 0 Å². The van der Waals surface area contributed by atoms with Crippen molar-refractivity contribution < 1.29 is 0 Å². The van der Waals surface area contributed by atoms with E-state index in [1.54, 1.807) is 0 Å². The summed E-state index contributed by atoms with van der Waals surface area (Å²) < 4.78 is 0. The minimum atomic E-state index is 0.736. The molecule has 0 aliphatic heterocycles. The maximum atomic E-state index is 4.20. The quantitative estimate of drug-likeness (QED) is 0.742. The number of hydrogen-bond acceptors (Lipinski definition) is 4. The molecule has 0 spiro atoms. The van der Waals surface area contributed by atoms with Gasteiger partial charge in [-0.2, -0.15) is 11.8 Å². The van der Waals surface area contributed by atoms with Gasteiger partial charge < -0.3 is 5.32 Å². The van der Waals surface area contributed by atoms with E-state index < -0.39 is 0 Å². The first-order chi connectivity index (χ1) is 7.68. The summed E-state index contributed by atoms with van der Waals surface area (Å²) in [5.41, 5.74) is 1.10. The molecule has 16 heavy (non-hydrogen) atoms. The lowest BCUT2D eigenvalue weighted by atomic mass is 10.3. The zero-order valence-electron chi connectivity index (χ0n) is 10.4. The molecule has 0 saturated carbocycles. The molecule has 0 aliphatic rings. The molecule has 1 aromatic heterocycles. The molecule has 0 atom stereocenters. The maximum Gasteiger partial charge on any atom is 0.222 e. The fraction of sp³-hybridized carbons (Fsp3) is 0.667. The molecular formula is C12H21N3S. The molecule has 1 aromatic rings. The van der Waals surface area contributed by atoms with Crippen LogP contribution < -0.4 is 5.32 Å². The normalized spacial score (nSPS) is 10.8. The van der Waals surface area contributed by atoms with E-state index >= 15 is 0 Å². The van der Waals surface area contributed by atoms with Crippen LogP contribution in [0.4, 0.5) is 5.95 Å². The summed E-state index contributed by atoms with van der Waals surface area (Å²) in [4.78, 5) is 8.39. The first-order valence-electron chi connectivity index (χ1n) is 5.78. The van der Waals surface area contributed by atoms with Gasteiger partial charge in [-0.05, 0) is 36.3 Å². The Hall–Kier alpha value is -0.770. The highest BCUT2D eigenvalue weighted by Gasteiger charge is 1.96. The molecule has 4 heteroatoms. The molecule has 90 valence electrons. The molecule has 3 nitrogen and oxygen atoms in total. The van der Waals surface area contributed by atoms with E-state index in [9.17, 15) is 0 Å². The van der Waals surface area contributed by atoms with Crippen molar-refractivity contribution >= 4 is 17.7 Å². The molecule has 0 unspecified atom stereocenters. The standard InChI is InChI=1S/C12H21N3S/c1-10(2)9-16-6-4-5-13-12-14-7-11(3)8-15-12/h7-8,10H,4-6,9H2,1-3H3,(H,13,14,15). The van der Waals surface area contributed by atoms with Crippen LogP contribution in [0.15, 0.2) is 12.4 Å². The summed E-state index contributed by atoms with van der Waals surface area (Å²) in [6.07, 6.45) is 4.83. The van der Waals surface area contributed by atoms with Crippen LogP contribution >= 0.6 is 11.8 Å². The van der Waals surface area contributed by atoms with Crippen LogP contribution in [0.3, 0.4) is 0 Å². The van der Waals surface area contributed by atoms with E-state index in [-0.39, 0.29) is 0 Å². The predicted molar refractivity (Wildman–Crippen MR) is 72.0 cm³/mol. The van der Waals surface area contributed by atoms with Crippen molar-refractivity contribution in [3.8, 4) is 0 Å². The van der Waals surface area contributed by atoms with Crippen molar-refractivity contribution in [2.45, 2.75) is 27.2 Å². The molecule has 1 heterocycles. The fourth-order valence-corrected chi connectivity index (χ4v) is 2.16. The maximum absolute atomic E-state index is 4.20. The van der Waals surface area contributed by atoms with Crippen LogP contribution in [-0.4, -0.2) is 28.0 Å². The number of nitrogens with zero attached hydrogens (tertiary/aromatic N) is 2. The van der Waals surface area contributed by atoms with E-state index in [1.165, 1.54) is 11.5 Å². The molecule has 0 saturated heterocycles. The van der Waals surface area contributed by atoms with E-state index in [0.717, 1.165) is 30.4 Å². The summed E-state index contributed by atoms with van der Waals surface area (Å²) >= 11 is 2.02. The van der Waals surface area contributed by atoms with Crippen LogP contribution in [0.1, 0.15) is 25.8 Å². The molecule has 1 N–H and O–H groups in total. The Morgan fingerprint density at radius 2 is 2.00 bits per heavy atom. The Balaban J connectivity index is 2.05.